The normalized spacial score (nSPS) is 11.0. The van der Waals surface area contributed by atoms with Crippen molar-refractivity contribution in [2.75, 3.05) is 0 Å². The highest BCUT2D eigenvalue weighted by Crippen LogP contribution is 2.24. The van der Waals surface area contributed by atoms with Crippen LogP contribution >= 0.6 is 0 Å². The van der Waals surface area contributed by atoms with Crippen molar-refractivity contribution in [3.8, 4) is 16.9 Å². The van der Waals surface area contributed by atoms with Crippen LogP contribution in [-0.2, 0) is 0 Å². The zero-order chi connectivity index (χ0) is 18.9. The van der Waals surface area contributed by atoms with Gasteiger partial charge in [-0.05, 0) is 36.4 Å². The summed E-state index contributed by atoms with van der Waals surface area (Å²) in [7, 11) is 0. The first-order valence-corrected chi connectivity index (χ1v) is 8.72. The number of hydrogen-bond acceptors (Lipinski definition) is 5. The summed E-state index contributed by atoms with van der Waals surface area (Å²) >= 11 is 0. The number of aromatic nitrogens is 6. The van der Waals surface area contributed by atoms with Crippen LogP contribution in [0.25, 0.3) is 28.0 Å². The molecule has 7 nitrogen and oxygen atoms in total. The molecule has 0 fully saturated rings. The fraction of sp³-hybridized carbons (Fsp3) is 0. The van der Waals surface area contributed by atoms with Crippen molar-refractivity contribution in [3.63, 3.8) is 0 Å². The summed E-state index contributed by atoms with van der Waals surface area (Å²) in [4.78, 5) is 17.5. The van der Waals surface area contributed by atoms with Crippen LogP contribution in [0.15, 0.2) is 85.3 Å². The van der Waals surface area contributed by atoms with Gasteiger partial charge in [-0.3, -0.25) is 9.78 Å². The lowest BCUT2D eigenvalue weighted by Gasteiger charge is -2.02. The first-order chi connectivity index (χ1) is 13.8. The molecule has 0 saturated carbocycles. The quantitative estimate of drug-likeness (QED) is 0.489. The number of fused-ring (bicyclic) bond motifs is 1. The number of carbonyl (C=O) groups excluding carboxylic acids is 1. The molecule has 0 radical (unpaired) electrons. The highest BCUT2D eigenvalue weighted by Gasteiger charge is 2.22. The van der Waals surface area contributed by atoms with Gasteiger partial charge in [-0.2, -0.15) is 9.78 Å². The van der Waals surface area contributed by atoms with Crippen molar-refractivity contribution in [2.24, 2.45) is 0 Å². The smallest absolute Gasteiger partial charge is 0.267 e. The van der Waals surface area contributed by atoms with Crippen molar-refractivity contribution in [3.05, 3.63) is 90.9 Å². The molecule has 2 aromatic carbocycles. The van der Waals surface area contributed by atoms with Gasteiger partial charge in [0.2, 0.25) is 0 Å². The summed E-state index contributed by atoms with van der Waals surface area (Å²) in [6.45, 7) is 0. The van der Waals surface area contributed by atoms with Crippen molar-refractivity contribution in [1.82, 2.24) is 29.8 Å². The van der Waals surface area contributed by atoms with E-state index >= 15 is 0 Å². The van der Waals surface area contributed by atoms with Gasteiger partial charge in [-0.15, -0.1) is 5.10 Å². The predicted octanol–water partition coefficient (Wildman–Crippen LogP) is 3.37. The van der Waals surface area contributed by atoms with E-state index in [2.05, 4.69) is 20.4 Å². The van der Waals surface area contributed by atoms with E-state index in [1.807, 2.05) is 66.7 Å². The van der Waals surface area contributed by atoms with Gasteiger partial charge < -0.3 is 0 Å². The Balaban J connectivity index is 1.69. The Morgan fingerprint density at radius 3 is 2.54 bits per heavy atom. The molecule has 0 aliphatic rings. The van der Waals surface area contributed by atoms with Crippen LogP contribution < -0.4 is 0 Å². The molecule has 5 aromatic rings. The fourth-order valence-corrected chi connectivity index (χ4v) is 3.09. The van der Waals surface area contributed by atoms with Crippen LogP contribution in [0.1, 0.15) is 10.4 Å². The topological polar surface area (TPSA) is 78.5 Å². The van der Waals surface area contributed by atoms with E-state index < -0.39 is 0 Å². The van der Waals surface area contributed by atoms with Crippen LogP contribution in [-0.4, -0.2) is 35.7 Å². The van der Waals surface area contributed by atoms with E-state index in [0.717, 1.165) is 11.3 Å². The molecule has 0 N–H and O–H groups in total. The molecule has 5 rings (SSSR count). The number of carbonyl (C=O) groups is 1. The second-order valence-electron chi connectivity index (χ2n) is 6.21. The van der Waals surface area contributed by atoms with E-state index in [4.69, 9.17) is 0 Å². The molecule has 7 heteroatoms. The first-order valence-electron chi connectivity index (χ1n) is 8.72. The average molecular weight is 366 g/mol. The molecule has 0 aliphatic carbocycles. The number of nitrogens with zero attached hydrogens (tertiary/aromatic N) is 6. The molecule has 0 saturated heterocycles. The minimum atomic E-state index is -0.297. The maximum Gasteiger partial charge on any atom is 0.284 e. The van der Waals surface area contributed by atoms with E-state index in [1.54, 1.807) is 23.3 Å². The van der Waals surface area contributed by atoms with E-state index in [0.29, 0.717) is 22.3 Å². The van der Waals surface area contributed by atoms with Gasteiger partial charge in [0.25, 0.3) is 5.91 Å². The number of pyridine rings is 1. The zero-order valence-electron chi connectivity index (χ0n) is 14.7. The molecule has 0 aliphatic heterocycles. The zero-order valence-corrected chi connectivity index (χ0v) is 14.7. The molecule has 0 atom stereocenters. The number of benzene rings is 2. The Hall–Kier alpha value is -4.13. The minimum absolute atomic E-state index is 0.297. The Kier molecular flexibility index (Phi) is 3.76. The maximum atomic E-state index is 13.3. The molecule has 0 unspecified atom stereocenters. The van der Waals surface area contributed by atoms with Crippen molar-refractivity contribution in [2.45, 2.75) is 0 Å². The van der Waals surface area contributed by atoms with Crippen molar-refractivity contribution < 1.29 is 4.79 Å². The lowest BCUT2D eigenvalue weighted by atomic mass is 10.1. The first kappa shape index (κ1) is 16.1. The summed E-state index contributed by atoms with van der Waals surface area (Å²) in [5.41, 5.74) is 3.89. The highest BCUT2D eigenvalue weighted by atomic mass is 16.2. The number of rotatable bonds is 3. The largest absolute Gasteiger partial charge is 0.284 e. The molecule has 0 amide bonds. The minimum Gasteiger partial charge on any atom is -0.267 e. The Bertz CT molecular complexity index is 1270. The lowest BCUT2D eigenvalue weighted by Crippen LogP contribution is -2.14. The van der Waals surface area contributed by atoms with Crippen LogP contribution in [0, 0.1) is 0 Å². The average Bonchev–Trinajstić information content (AvgIpc) is 3.40. The Labute approximate surface area is 159 Å². The second-order valence-corrected chi connectivity index (χ2v) is 6.21. The third-order valence-corrected chi connectivity index (χ3v) is 4.44. The Morgan fingerprint density at radius 1 is 0.893 bits per heavy atom. The van der Waals surface area contributed by atoms with Crippen molar-refractivity contribution >= 4 is 16.9 Å². The second kappa shape index (κ2) is 6.55. The third-order valence-electron chi connectivity index (χ3n) is 4.44. The monoisotopic (exact) mass is 366 g/mol. The number of para-hydroxylation sites is 2. The van der Waals surface area contributed by atoms with Gasteiger partial charge in [-0.25, -0.2) is 4.68 Å². The van der Waals surface area contributed by atoms with Crippen LogP contribution in [0.5, 0.6) is 0 Å². The summed E-state index contributed by atoms with van der Waals surface area (Å²) in [6.07, 6.45) is 5.09. The third kappa shape index (κ3) is 2.66. The molecule has 28 heavy (non-hydrogen) atoms. The van der Waals surface area contributed by atoms with Crippen LogP contribution in [0.4, 0.5) is 0 Å². The van der Waals surface area contributed by atoms with E-state index in [1.165, 1.54) is 4.68 Å². The molecular formula is C21H14N6O. The highest BCUT2D eigenvalue weighted by molar-refractivity contribution is 6.04. The molecular weight excluding hydrogens is 352 g/mol. The maximum absolute atomic E-state index is 13.3. The Morgan fingerprint density at radius 2 is 1.71 bits per heavy atom. The van der Waals surface area contributed by atoms with Gasteiger partial charge >= 0.3 is 0 Å². The summed E-state index contributed by atoms with van der Waals surface area (Å²) in [6, 6.07) is 20.7. The summed E-state index contributed by atoms with van der Waals surface area (Å²) in [5.74, 6) is -0.297. The molecule has 134 valence electrons. The van der Waals surface area contributed by atoms with Gasteiger partial charge in [0, 0.05) is 24.2 Å². The van der Waals surface area contributed by atoms with Gasteiger partial charge in [0.15, 0.2) is 0 Å². The number of hydrogen-bond donors (Lipinski definition) is 0. The predicted molar refractivity (Wildman–Crippen MR) is 104 cm³/mol. The molecule has 0 bridgehead atoms. The van der Waals surface area contributed by atoms with Crippen molar-refractivity contribution in [1.29, 1.82) is 0 Å². The fourth-order valence-electron chi connectivity index (χ4n) is 3.09. The summed E-state index contributed by atoms with van der Waals surface area (Å²) < 4.78 is 3.00. The van der Waals surface area contributed by atoms with Crippen LogP contribution in [0.2, 0.25) is 0 Å². The van der Waals surface area contributed by atoms with Gasteiger partial charge in [0.1, 0.15) is 11.2 Å². The van der Waals surface area contributed by atoms with Gasteiger partial charge in [-0.1, -0.05) is 35.5 Å². The van der Waals surface area contributed by atoms with E-state index in [-0.39, 0.29) is 5.91 Å². The lowest BCUT2D eigenvalue weighted by molar-refractivity contribution is 0.0948. The van der Waals surface area contributed by atoms with Gasteiger partial charge in [0.05, 0.1) is 16.8 Å². The SMILES string of the molecule is O=C(c1cn(-c2ccccc2)nc1-c1cccnc1)n1nnc2ccccc21. The van der Waals surface area contributed by atoms with E-state index in [9.17, 15) is 4.79 Å². The molecule has 3 heterocycles. The van der Waals surface area contributed by atoms with Crippen LogP contribution in [0.3, 0.4) is 0 Å². The standard InChI is InChI=1S/C21H14N6O/c28-21(27-19-11-5-4-10-18(19)23-25-27)17-14-26(16-8-2-1-3-9-16)24-20(17)15-7-6-12-22-13-15/h1-14H. The molecule has 0 spiro atoms. The summed E-state index contributed by atoms with van der Waals surface area (Å²) in [5, 5.41) is 12.8. The molecule has 3 aromatic heterocycles.